The molecule has 1 N–H and O–H groups in total. The molecule has 0 unspecified atom stereocenters. The van der Waals surface area contributed by atoms with Gasteiger partial charge in [-0.1, -0.05) is 0 Å². The second kappa shape index (κ2) is 6.81. The number of carbonyl (C=O) groups is 3. The van der Waals surface area contributed by atoms with Gasteiger partial charge in [-0.25, -0.2) is 4.79 Å². The van der Waals surface area contributed by atoms with E-state index in [0.29, 0.717) is 31.5 Å². The molecule has 6 nitrogen and oxygen atoms in total. The highest BCUT2D eigenvalue weighted by atomic mass is 16.6. The molecular weight excluding hydrogens is 296 g/mol. The van der Waals surface area contributed by atoms with Crippen LogP contribution in [0.3, 0.4) is 0 Å². The predicted octanol–water partition coefficient (Wildman–Crippen LogP) is 2.90. The normalized spacial score (nSPS) is 13.3. The molecule has 0 atom stereocenters. The van der Waals surface area contributed by atoms with Gasteiger partial charge in [-0.05, 0) is 51.0 Å². The van der Waals surface area contributed by atoms with E-state index < -0.39 is 11.7 Å². The number of hydrogen-bond donors (Lipinski definition) is 1. The molecule has 2 amide bonds. The lowest BCUT2D eigenvalue weighted by Crippen LogP contribution is -2.37. The Balaban J connectivity index is 2.22. The molecule has 23 heavy (non-hydrogen) atoms. The van der Waals surface area contributed by atoms with E-state index in [-0.39, 0.29) is 5.91 Å². The number of rotatable bonds is 5. The number of fused-ring (bicyclic) bond motifs is 1. The van der Waals surface area contributed by atoms with Crippen molar-refractivity contribution in [2.45, 2.75) is 45.6 Å². The van der Waals surface area contributed by atoms with Gasteiger partial charge in [0.15, 0.2) is 0 Å². The van der Waals surface area contributed by atoms with Crippen molar-refractivity contribution in [3.8, 4) is 0 Å². The van der Waals surface area contributed by atoms with Crippen LogP contribution in [0.25, 0.3) is 0 Å². The van der Waals surface area contributed by atoms with Crippen LogP contribution >= 0.6 is 0 Å². The Morgan fingerprint density at radius 3 is 2.78 bits per heavy atom. The smallest absolute Gasteiger partial charge is 0.414 e. The first-order valence-corrected chi connectivity index (χ1v) is 7.67. The van der Waals surface area contributed by atoms with Gasteiger partial charge < -0.3 is 14.8 Å². The van der Waals surface area contributed by atoms with Gasteiger partial charge in [-0.2, -0.15) is 0 Å². The molecule has 6 heteroatoms. The van der Waals surface area contributed by atoms with Crippen LogP contribution in [0.4, 0.5) is 16.2 Å². The molecule has 1 aliphatic heterocycles. The number of anilines is 2. The fourth-order valence-electron chi connectivity index (χ4n) is 2.36. The number of amides is 2. The summed E-state index contributed by atoms with van der Waals surface area (Å²) in [6, 6.07) is 5.37. The summed E-state index contributed by atoms with van der Waals surface area (Å²) in [4.78, 5) is 36.0. The fraction of sp³-hybridized carbons (Fsp3) is 0.471. The fourth-order valence-corrected chi connectivity index (χ4v) is 2.36. The molecule has 0 radical (unpaired) electrons. The number of ether oxygens (including phenoxy) is 1. The molecule has 1 aromatic rings. The van der Waals surface area contributed by atoms with Crippen molar-refractivity contribution < 1.29 is 19.1 Å². The number of unbranched alkanes of at least 4 members (excludes halogenated alkanes) is 1. The van der Waals surface area contributed by atoms with E-state index in [1.54, 1.807) is 32.9 Å². The minimum atomic E-state index is -0.603. The van der Waals surface area contributed by atoms with Crippen LogP contribution in [-0.4, -0.2) is 30.4 Å². The van der Waals surface area contributed by atoms with E-state index in [2.05, 4.69) is 5.32 Å². The topological polar surface area (TPSA) is 75.7 Å². The van der Waals surface area contributed by atoms with Crippen molar-refractivity contribution in [1.29, 1.82) is 0 Å². The van der Waals surface area contributed by atoms with E-state index in [1.807, 2.05) is 6.07 Å². The summed E-state index contributed by atoms with van der Waals surface area (Å²) in [6.07, 6.45) is 1.61. The highest BCUT2D eigenvalue weighted by Gasteiger charge is 2.25. The van der Waals surface area contributed by atoms with E-state index in [1.165, 1.54) is 4.90 Å². The Kier molecular flexibility index (Phi) is 5.03. The lowest BCUT2D eigenvalue weighted by atomic mass is 10.1. The van der Waals surface area contributed by atoms with Gasteiger partial charge in [0.25, 0.3) is 0 Å². The molecule has 0 spiro atoms. The number of benzene rings is 1. The zero-order valence-corrected chi connectivity index (χ0v) is 13.7. The number of hydrogen-bond acceptors (Lipinski definition) is 4. The molecule has 0 aliphatic carbocycles. The molecule has 0 saturated heterocycles. The standard InChI is InChI=1S/C17H22N2O4/c1-17(2,3)23-16(22)19(8-4-5-9-20)13-6-7-14-12(10-13)11-15(21)18-14/h6-7,9-10H,4-5,8,11H2,1-3H3,(H,18,21). The van der Waals surface area contributed by atoms with Gasteiger partial charge in [0, 0.05) is 24.3 Å². The van der Waals surface area contributed by atoms with Crippen LogP contribution < -0.4 is 10.2 Å². The van der Waals surface area contributed by atoms with Crippen molar-refractivity contribution in [1.82, 2.24) is 0 Å². The van der Waals surface area contributed by atoms with Crippen molar-refractivity contribution >= 4 is 29.7 Å². The van der Waals surface area contributed by atoms with Crippen molar-refractivity contribution in [3.63, 3.8) is 0 Å². The maximum absolute atomic E-state index is 12.5. The van der Waals surface area contributed by atoms with Crippen molar-refractivity contribution in [2.75, 3.05) is 16.8 Å². The lowest BCUT2D eigenvalue weighted by Gasteiger charge is -2.27. The molecule has 0 fully saturated rings. The van der Waals surface area contributed by atoms with Crippen LogP contribution in [0.15, 0.2) is 18.2 Å². The monoisotopic (exact) mass is 318 g/mol. The lowest BCUT2D eigenvalue weighted by molar-refractivity contribution is -0.115. The Hall–Kier alpha value is -2.37. The molecule has 0 aromatic heterocycles. The summed E-state index contributed by atoms with van der Waals surface area (Å²) < 4.78 is 5.44. The molecule has 0 saturated carbocycles. The molecule has 1 aliphatic rings. The minimum absolute atomic E-state index is 0.0538. The highest BCUT2D eigenvalue weighted by molar-refractivity contribution is 6.00. The summed E-state index contributed by atoms with van der Waals surface area (Å²) in [6.45, 7) is 5.80. The third kappa shape index (κ3) is 4.55. The van der Waals surface area contributed by atoms with E-state index in [4.69, 9.17) is 4.74 Å². The highest BCUT2D eigenvalue weighted by Crippen LogP contribution is 2.29. The Labute approximate surface area is 135 Å². The van der Waals surface area contributed by atoms with Crippen LogP contribution in [0.1, 0.15) is 39.2 Å². The summed E-state index contributed by atoms with van der Waals surface area (Å²) in [5.74, 6) is -0.0538. The largest absolute Gasteiger partial charge is 0.443 e. The van der Waals surface area contributed by atoms with Crippen LogP contribution in [0.5, 0.6) is 0 Å². The molecule has 124 valence electrons. The molecule has 1 aromatic carbocycles. The van der Waals surface area contributed by atoms with Crippen molar-refractivity contribution in [2.24, 2.45) is 0 Å². The first-order valence-electron chi connectivity index (χ1n) is 7.67. The minimum Gasteiger partial charge on any atom is -0.443 e. The SMILES string of the molecule is CC(C)(C)OC(=O)N(CCCC=O)c1ccc2c(c1)CC(=O)N2. The van der Waals surface area contributed by atoms with Crippen LogP contribution in [-0.2, 0) is 20.7 Å². The third-order valence-electron chi connectivity index (χ3n) is 3.34. The van der Waals surface area contributed by atoms with E-state index in [0.717, 1.165) is 17.5 Å². The second-order valence-electron chi connectivity index (χ2n) is 6.51. The molecule has 1 heterocycles. The van der Waals surface area contributed by atoms with Crippen LogP contribution in [0, 0.1) is 0 Å². The maximum Gasteiger partial charge on any atom is 0.414 e. The van der Waals surface area contributed by atoms with Crippen molar-refractivity contribution in [3.05, 3.63) is 23.8 Å². The van der Waals surface area contributed by atoms with Gasteiger partial charge in [-0.3, -0.25) is 9.69 Å². The zero-order valence-electron chi connectivity index (χ0n) is 13.7. The third-order valence-corrected chi connectivity index (χ3v) is 3.34. The predicted molar refractivity (Wildman–Crippen MR) is 87.7 cm³/mol. The summed E-state index contributed by atoms with van der Waals surface area (Å²) >= 11 is 0. The first kappa shape index (κ1) is 17.0. The van der Waals surface area contributed by atoms with Crippen LogP contribution in [0.2, 0.25) is 0 Å². The maximum atomic E-state index is 12.5. The van der Waals surface area contributed by atoms with Gasteiger partial charge in [0.05, 0.1) is 6.42 Å². The number of carbonyl (C=O) groups excluding carboxylic acids is 3. The Bertz CT molecular complexity index is 620. The average molecular weight is 318 g/mol. The Morgan fingerprint density at radius 1 is 1.39 bits per heavy atom. The summed E-state index contributed by atoms with van der Waals surface area (Å²) in [5, 5.41) is 2.76. The van der Waals surface area contributed by atoms with E-state index >= 15 is 0 Å². The summed E-state index contributed by atoms with van der Waals surface area (Å²) in [7, 11) is 0. The number of aldehydes is 1. The second-order valence-corrected chi connectivity index (χ2v) is 6.51. The van der Waals surface area contributed by atoms with Gasteiger partial charge in [0.1, 0.15) is 11.9 Å². The quantitative estimate of drug-likeness (QED) is 0.669. The number of nitrogens with zero attached hydrogens (tertiary/aromatic N) is 1. The van der Waals surface area contributed by atoms with Gasteiger partial charge in [0.2, 0.25) is 5.91 Å². The Morgan fingerprint density at radius 2 is 2.13 bits per heavy atom. The molecular formula is C17H22N2O4. The summed E-state index contributed by atoms with van der Waals surface area (Å²) in [5.41, 5.74) is 1.70. The van der Waals surface area contributed by atoms with E-state index in [9.17, 15) is 14.4 Å². The average Bonchev–Trinajstić information content (AvgIpc) is 2.80. The van der Waals surface area contributed by atoms with Gasteiger partial charge in [-0.15, -0.1) is 0 Å². The number of nitrogens with one attached hydrogen (secondary N) is 1. The van der Waals surface area contributed by atoms with Gasteiger partial charge >= 0.3 is 6.09 Å². The molecule has 2 rings (SSSR count). The first-order chi connectivity index (χ1) is 10.8. The zero-order chi connectivity index (χ0) is 17.0. The molecule has 0 bridgehead atoms.